The molecule has 0 N–H and O–H groups in total. The summed E-state index contributed by atoms with van der Waals surface area (Å²) in [6.45, 7) is 2.02. The molecule has 0 unspecified atom stereocenters. The van der Waals surface area contributed by atoms with Crippen molar-refractivity contribution in [2.45, 2.75) is 6.92 Å². The Morgan fingerprint density at radius 3 is 2.71 bits per heavy atom. The summed E-state index contributed by atoms with van der Waals surface area (Å²) in [6, 6.07) is 9.91. The monoisotopic (exact) mass is 201 g/mol. The van der Waals surface area contributed by atoms with E-state index in [1.165, 1.54) is 11.3 Å². The smallest absolute Gasteiger partial charge is 0.190 e. The highest BCUT2D eigenvalue weighted by Gasteiger charge is 2.07. The van der Waals surface area contributed by atoms with E-state index in [2.05, 4.69) is 10.2 Å². The number of hydrogen-bond donors (Lipinski definition) is 0. The second kappa shape index (κ2) is 3.56. The van der Waals surface area contributed by atoms with Gasteiger partial charge < -0.3 is 0 Å². The Morgan fingerprint density at radius 2 is 2.07 bits per heavy atom. The van der Waals surface area contributed by atoms with Gasteiger partial charge in [-0.05, 0) is 12.5 Å². The molecule has 0 amide bonds. The average Bonchev–Trinajstić information content (AvgIpc) is 2.67. The maximum absolute atomic E-state index is 8.63. The van der Waals surface area contributed by atoms with E-state index in [4.69, 9.17) is 5.26 Å². The number of nitrogens with zero attached hydrogens (tertiary/aromatic N) is 3. The van der Waals surface area contributed by atoms with Crippen LogP contribution in [-0.2, 0) is 0 Å². The summed E-state index contributed by atoms with van der Waals surface area (Å²) in [4.78, 5) is 0. The van der Waals surface area contributed by atoms with Crippen molar-refractivity contribution in [1.82, 2.24) is 10.2 Å². The van der Waals surface area contributed by atoms with E-state index in [0.717, 1.165) is 16.1 Å². The highest BCUT2D eigenvalue weighted by Crippen LogP contribution is 2.25. The van der Waals surface area contributed by atoms with Gasteiger partial charge in [-0.15, -0.1) is 10.2 Å². The van der Waals surface area contributed by atoms with Gasteiger partial charge in [0.2, 0.25) is 5.01 Å². The maximum Gasteiger partial charge on any atom is 0.218 e. The largest absolute Gasteiger partial charge is 0.218 e. The molecule has 1 heterocycles. The second-order valence-corrected chi connectivity index (χ2v) is 3.82. The lowest BCUT2D eigenvalue weighted by Crippen LogP contribution is -1.80. The van der Waals surface area contributed by atoms with E-state index in [0.29, 0.717) is 5.01 Å². The van der Waals surface area contributed by atoms with Gasteiger partial charge in [-0.3, -0.25) is 0 Å². The van der Waals surface area contributed by atoms with Crippen LogP contribution in [0.4, 0.5) is 0 Å². The van der Waals surface area contributed by atoms with Gasteiger partial charge in [0, 0.05) is 5.56 Å². The average molecular weight is 201 g/mol. The number of nitriles is 1. The van der Waals surface area contributed by atoms with E-state index in [1.54, 1.807) is 0 Å². The van der Waals surface area contributed by atoms with Crippen LogP contribution in [0.2, 0.25) is 0 Å². The molecule has 0 spiro atoms. The van der Waals surface area contributed by atoms with Crippen molar-refractivity contribution in [2.75, 3.05) is 0 Å². The molecule has 2 aromatic rings. The molecule has 0 aliphatic rings. The van der Waals surface area contributed by atoms with Gasteiger partial charge >= 0.3 is 0 Å². The number of aromatic nitrogens is 2. The van der Waals surface area contributed by atoms with Gasteiger partial charge in [-0.25, -0.2) is 0 Å². The molecule has 0 aliphatic heterocycles. The quantitative estimate of drug-likeness (QED) is 0.711. The van der Waals surface area contributed by atoms with Crippen LogP contribution in [0.5, 0.6) is 0 Å². The molecule has 0 fully saturated rings. The van der Waals surface area contributed by atoms with Crippen LogP contribution in [-0.4, -0.2) is 10.2 Å². The van der Waals surface area contributed by atoms with Crippen LogP contribution in [0.25, 0.3) is 10.6 Å². The molecular formula is C10H7N3S. The van der Waals surface area contributed by atoms with Crippen LogP contribution in [0.1, 0.15) is 10.6 Å². The highest BCUT2D eigenvalue weighted by atomic mass is 32.1. The van der Waals surface area contributed by atoms with Gasteiger partial charge in [0.05, 0.1) is 0 Å². The van der Waals surface area contributed by atoms with E-state index in [1.807, 2.05) is 37.3 Å². The Hall–Kier alpha value is -1.73. The molecule has 68 valence electrons. The van der Waals surface area contributed by atoms with E-state index in [-0.39, 0.29) is 0 Å². The summed E-state index contributed by atoms with van der Waals surface area (Å²) in [5.41, 5.74) is 2.19. The van der Waals surface area contributed by atoms with Gasteiger partial charge in [-0.2, -0.15) is 5.26 Å². The molecule has 0 atom stereocenters. The lowest BCUT2D eigenvalue weighted by atomic mass is 10.1. The third-order valence-corrected chi connectivity index (χ3v) is 2.76. The van der Waals surface area contributed by atoms with Crippen LogP contribution in [0, 0.1) is 18.3 Å². The molecule has 0 saturated carbocycles. The standard InChI is InChI=1S/C10H7N3S/c1-7-4-2-3-5-8(7)10-13-12-9(6-11)14-10/h2-5H,1H3. The molecule has 2 rings (SSSR count). The summed E-state index contributed by atoms with van der Waals surface area (Å²) in [5.74, 6) is 0. The van der Waals surface area contributed by atoms with Crippen molar-refractivity contribution in [1.29, 1.82) is 5.26 Å². The predicted molar refractivity (Wildman–Crippen MR) is 54.8 cm³/mol. The van der Waals surface area contributed by atoms with Crippen LogP contribution in [0.15, 0.2) is 24.3 Å². The fourth-order valence-corrected chi connectivity index (χ4v) is 1.92. The first-order valence-corrected chi connectivity index (χ1v) is 4.92. The number of aryl methyl sites for hydroxylation is 1. The summed E-state index contributed by atoms with van der Waals surface area (Å²) >= 11 is 1.32. The third kappa shape index (κ3) is 1.50. The first-order chi connectivity index (χ1) is 6.81. The lowest BCUT2D eigenvalue weighted by Gasteiger charge is -1.98. The molecule has 4 heteroatoms. The Bertz CT molecular complexity index is 496. The summed E-state index contributed by atoms with van der Waals surface area (Å²) < 4.78 is 0. The number of hydrogen-bond acceptors (Lipinski definition) is 4. The third-order valence-electron chi connectivity index (χ3n) is 1.90. The maximum atomic E-state index is 8.63. The molecule has 3 nitrogen and oxygen atoms in total. The molecule has 0 aliphatic carbocycles. The molecular weight excluding hydrogens is 194 g/mol. The molecule has 0 saturated heterocycles. The first-order valence-electron chi connectivity index (χ1n) is 4.11. The van der Waals surface area contributed by atoms with Crippen molar-refractivity contribution in [3.63, 3.8) is 0 Å². The van der Waals surface area contributed by atoms with Crippen molar-refractivity contribution >= 4 is 11.3 Å². The molecule has 14 heavy (non-hydrogen) atoms. The first kappa shape index (κ1) is 8.85. The fraction of sp³-hybridized carbons (Fsp3) is 0.100. The molecule has 0 radical (unpaired) electrons. The Morgan fingerprint density at radius 1 is 1.29 bits per heavy atom. The SMILES string of the molecule is Cc1ccccc1-c1nnc(C#N)s1. The zero-order valence-corrected chi connectivity index (χ0v) is 8.38. The summed E-state index contributed by atoms with van der Waals surface area (Å²) in [7, 11) is 0. The predicted octanol–water partition coefficient (Wildman–Crippen LogP) is 2.39. The van der Waals surface area contributed by atoms with E-state index >= 15 is 0 Å². The van der Waals surface area contributed by atoms with Crippen molar-refractivity contribution in [3.8, 4) is 16.6 Å². The summed E-state index contributed by atoms with van der Waals surface area (Å²) in [6.07, 6.45) is 0. The fourth-order valence-electron chi connectivity index (χ4n) is 1.19. The van der Waals surface area contributed by atoms with Gasteiger partial charge in [0.15, 0.2) is 0 Å². The van der Waals surface area contributed by atoms with Crippen molar-refractivity contribution < 1.29 is 0 Å². The van der Waals surface area contributed by atoms with Crippen molar-refractivity contribution in [2.24, 2.45) is 0 Å². The zero-order valence-electron chi connectivity index (χ0n) is 7.56. The molecule has 1 aromatic carbocycles. The van der Waals surface area contributed by atoms with Crippen LogP contribution in [0.3, 0.4) is 0 Å². The highest BCUT2D eigenvalue weighted by molar-refractivity contribution is 7.15. The minimum atomic E-state index is 0.406. The normalized spacial score (nSPS) is 9.71. The summed E-state index contributed by atoms with van der Waals surface area (Å²) in [5, 5.41) is 17.6. The molecule has 1 aromatic heterocycles. The van der Waals surface area contributed by atoms with Gasteiger partial charge in [0.1, 0.15) is 11.1 Å². The van der Waals surface area contributed by atoms with Crippen LogP contribution >= 0.6 is 11.3 Å². The van der Waals surface area contributed by atoms with Crippen LogP contribution < -0.4 is 0 Å². The number of rotatable bonds is 1. The minimum absolute atomic E-state index is 0.406. The van der Waals surface area contributed by atoms with Gasteiger partial charge in [-0.1, -0.05) is 35.6 Å². The Kier molecular flexibility index (Phi) is 2.25. The number of benzene rings is 1. The topological polar surface area (TPSA) is 49.6 Å². The van der Waals surface area contributed by atoms with Crippen molar-refractivity contribution in [3.05, 3.63) is 34.8 Å². The molecule has 0 bridgehead atoms. The second-order valence-electron chi connectivity index (χ2n) is 2.84. The Labute approximate surface area is 85.7 Å². The van der Waals surface area contributed by atoms with E-state index < -0.39 is 0 Å². The lowest BCUT2D eigenvalue weighted by molar-refractivity contribution is 1.08. The minimum Gasteiger partial charge on any atom is -0.190 e. The Balaban J connectivity index is 2.51. The van der Waals surface area contributed by atoms with E-state index in [9.17, 15) is 0 Å². The van der Waals surface area contributed by atoms with Gasteiger partial charge in [0.25, 0.3) is 0 Å². The zero-order chi connectivity index (χ0) is 9.97.